The van der Waals surface area contributed by atoms with E-state index in [1.54, 1.807) is 17.7 Å². The molecule has 1 amide bonds. The minimum Gasteiger partial charge on any atom is -0.335 e. The van der Waals surface area contributed by atoms with E-state index >= 15 is 0 Å². The molecule has 1 aromatic heterocycles. The number of para-hydroxylation sites is 1. The van der Waals surface area contributed by atoms with E-state index in [-0.39, 0.29) is 17.3 Å². The van der Waals surface area contributed by atoms with Crippen LogP contribution in [0.2, 0.25) is 0 Å². The molecule has 2 aromatic carbocycles. The van der Waals surface area contributed by atoms with Crippen LogP contribution >= 0.6 is 11.6 Å². The summed E-state index contributed by atoms with van der Waals surface area (Å²) in [7, 11) is 1.67. The second kappa shape index (κ2) is 7.53. The highest BCUT2D eigenvalue weighted by atomic mass is 35.5. The van der Waals surface area contributed by atoms with E-state index in [4.69, 9.17) is 16.6 Å². The molecule has 5 nitrogen and oxygen atoms in total. The van der Waals surface area contributed by atoms with Gasteiger partial charge in [0.15, 0.2) is 0 Å². The monoisotopic (exact) mass is 383 g/mol. The fourth-order valence-corrected chi connectivity index (χ4v) is 3.39. The van der Waals surface area contributed by atoms with Crippen LogP contribution < -0.4 is 5.56 Å². The number of hydrogen-bond acceptors (Lipinski definition) is 3. The Morgan fingerprint density at radius 1 is 1.22 bits per heavy atom. The molecule has 3 aromatic rings. The lowest BCUT2D eigenvalue weighted by atomic mass is 10.1. The van der Waals surface area contributed by atoms with Gasteiger partial charge in [0.05, 0.1) is 22.6 Å². The van der Waals surface area contributed by atoms with Crippen LogP contribution in [0.25, 0.3) is 16.6 Å². The minimum atomic E-state index is -0.422. The highest BCUT2D eigenvalue weighted by Crippen LogP contribution is 2.24. The predicted octanol–water partition coefficient (Wildman–Crippen LogP) is 3.76. The highest BCUT2D eigenvalue weighted by molar-refractivity contribution is 6.27. The molecular weight excluding hydrogens is 362 g/mol. The first-order valence-electron chi connectivity index (χ1n) is 8.76. The fourth-order valence-electron chi connectivity index (χ4n) is 3.20. The number of alkyl halides is 1. The Labute approximate surface area is 163 Å². The predicted molar refractivity (Wildman–Crippen MR) is 109 cm³/mol. The highest BCUT2D eigenvalue weighted by Gasteiger charge is 2.24. The Morgan fingerprint density at radius 2 is 1.93 bits per heavy atom. The van der Waals surface area contributed by atoms with Gasteiger partial charge in [-0.15, -0.1) is 11.6 Å². The summed E-state index contributed by atoms with van der Waals surface area (Å²) in [6, 6.07) is 12.7. The van der Waals surface area contributed by atoms with Gasteiger partial charge in [0.2, 0.25) is 5.91 Å². The first-order chi connectivity index (χ1) is 12.8. The minimum absolute atomic E-state index is 0.123. The molecule has 3 rings (SSSR count). The van der Waals surface area contributed by atoms with Crippen LogP contribution in [0.4, 0.5) is 0 Å². The zero-order valence-corrected chi connectivity index (χ0v) is 16.6. The van der Waals surface area contributed by atoms with Crippen LogP contribution in [0.15, 0.2) is 47.3 Å². The molecule has 0 spiro atoms. The number of hydrogen-bond donors (Lipinski definition) is 0. The Kier molecular flexibility index (Phi) is 5.33. The molecule has 0 aliphatic heterocycles. The molecule has 1 atom stereocenters. The van der Waals surface area contributed by atoms with E-state index in [1.165, 1.54) is 4.90 Å². The maximum atomic E-state index is 13.3. The number of benzene rings is 2. The largest absolute Gasteiger partial charge is 0.335 e. The Balaban J connectivity index is 2.34. The number of nitrogens with zero attached hydrogens (tertiary/aromatic N) is 3. The lowest BCUT2D eigenvalue weighted by Gasteiger charge is -2.27. The average molecular weight is 384 g/mol. The lowest BCUT2D eigenvalue weighted by molar-refractivity contribution is -0.129. The van der Waals surface area contributed by atoms with Gasteiger partial charge < -0.3 is 4.90 Å². The van der Waals surface area contributed by atoms with Gasteiger partial charge in [-0.2, -0.15) is 0 Å². The summed E-state index contributed by atoms with van der Waals surface area (Å²) in [6.45, 7) is 5.82. The summed E-state index contributed by atoms with van der Waals surface area (Å²) >= 11 is 5.72. The number of aryl methyl sites for hydroxylation is 2. The average Bonchev–Trinajstić information content (AvgIpc) is 2.67. The first kappa shape index (κ1) is 19.1. The normalized spacial score (nSPS) is 12.2. The SMILES string of the molecule is Cc1ccc(-n2c([C@H](C)N(C)C(=O)CCl)nc3ccccc3c2=O)c(C)c1. The van der Waals surface area contributed by atoms with Gasteiger partial charge in [0.1, 0.15) is 11.7 Å². The molecule has 0 bridgehead atoms. The van der Waals surface area contributed by atoms with Gasteiger partial charge in [-0.05, 0) is 44.5 Å². The topological polar surface area (TPSA) is 55.2 Å². The molecule has 0 saturated heterocycles. The van der Waals surface area contributed by atoms with Gasteiger partial charge in [-0.3, -0.25) is 14.2 Å². The van der Waals surface area contributed by atoms with E-state index in [1.807, 2.05) is 57.2 Å². The third kappa shape index (κ3) is 3.47. The summed E-state index contributed by atoms with van der Waals surface area (Å²) in [6.07, 6.45) is 0. The second-order valence-corrected chi connectivity index (χ2v) is 7.00. The van der Waals surface area contributed by atoms with Crippen molar-refractivity contribution >= 4 is 28.4 Å². The van der Waals surface area contributed by atoms with E-state index in [0.717, 1.165) is 16.8 Å². The summed E-state index contributed by atoms with van der Waals surface area (Å²) in [4.78, 5) is 31.7. The van der Waals surface area contributed by atoms with Crippen molar-refractivity contribution in [2.75, 3.05) is 12.9 Å². The van der Waals surface area contributed by atoms with Crippen LogP contribution in [0.5, 0.6) is 0 Å². The maximum Gasteiger partial charge on any atom is 0.266 e. The third-order valence-corrected chi connectivity index (χ3v) is 5.09. The van der Waals surface area contributed by atoms with Crippen molar-refractivity contribution in [2.45, 2.75) is 26.8 Å². The zero-order valence-electron chi connectivity index (χ0n) is 15.9. The standard InChI is InChI=1S/C21H22ClN3O2/c1-13-9-10-18(14(2)11-13)25-20(15(3)24(4)19(26)12-22)23-17-8-6-5-7-16(17)21(25)27/h5-11,15H,12H2,1-4H3/t15-/m0/s1. The van der Waals surface area contributed by atoms with Crippen LogP contribution in [0.3, 0.4) is 0 Å². The zero-order chi connectivity index (χ0) is 19.7. The second-order valence-electron chi connectivity index (χ2n) is 6.73. The molecule has 0 aliphatic rings. The molecule has 0 radical (unpaired) electrons. The van der Waals surface area contributed by atoms with Crippen LogP contribution in [-0.4, -0.2) is 33.3 Å². The number of aromatic nitrogens is 2. The molecular formula is C21H22ClN3O2. The molecule has 0 N–H and O–H groups in total. The van der Waals surface area contributed by atoms with Gasteiger partial charge in [0.25, 0.3) is 5.56 Å². The Morgan fingerprint density at radius 3 is 2.59 bits per heavy atom. The smallest absolute Gasteiger partial charge is 0.266 e. The molecule has 0 unspecified atom stereocenters. The fraction of sp³-hybridized carbons (Fsp3) is 0.286. The van der Waals surface area contributed by atoms with Crippen LogP contribution in [-0.2, 0) is 4.79 Å². The first-order valence-corrected chi connectivity index (χ1v) is 9.29. The van der Waals surface area contributed by atoms with Crippen molar-refractivity contribution in [1.29, 1.82) is 0 Å². The van der Waals surface area contributed by atoms with Crippen molar-refractivity contribution in [1.82, 2.24) is 14.5 Å². The van der Waals surface area contributed by atoms with E-state index in [9.17, 15) is 9.59 Å². The third-order valence-electron chi connectivity index (χ3n) is 4.86. The van der Waals surface area contributed by atoms with E-state index in [2.05, 4.69) is 0 Å². The molecule has 1 heterocycles. The van der Waals surface area contributed by atoms with Crippen molar-refractivity contribution in [2.24, 2.45) is 0 Å². The summed E-state index contributed by atoms with van der Waals surface area (Å²) in [5.41, 5.74) is 3.30. The van der Waals surface area contributed by atoms with E-state index < -0.39 is 6.04 Å². The van der Waals surface area contributed by atoms with Crippen molar-refractivity contribution in [3.05, 3.63) is 69.8 Å². The molecule has 0 aliphatic carbocycles. The maximum absolute atomic E-state index is 13.3. The molecule has 140 valence electrons. The van der Waals surface area contributed by atoms with Crippen molar-refractivity contribution in [3.8, 4) is 5.69 Å². The Hall–Kier alpha value is -2.66. The van der Waals surface area contributed by atoms with E-state index in [0.29, 0.717) is 16.7 Å². The van der Waals surface area contributed by atoms with Gasteiger partial charge in [-0.1, -0.05) is 29.8 Å². The lowest BCUT2D eigenvalue weighted by Crippen LogP contribution is -2.35. The summed E-state index contributed by atoms with van der Waals surface area (Å²) < 4.78 is 1.61. The van der Waals surface area contributed by atoms with Gasteiger partial charge in [0, 0.05) is 7.05 Å². The summed E-state index contributed by atoms with van der Waals surface area (Å²) in [5.74, 6) is 0.160. The summed E-state index contributed by atoms with van der Waals surface area (Å²) in [5, 5.41) is 0.541. The van der Waals surface area contributed by atoms with Crippen molar-refractivity contribution in [3.63, 3.8) is 0 Å². The van der Waals surface area contributed by atoms with Crippen LogP contribution in [0.1, 0.15) is 29.9 Å². The Bertz CT molecular complexity index is 1070. The van der Waals surface area contributed by atoms with Gasteiger partial charge in [-0.25, -0.2) is 4.98 Å². The number of amides is 1. The van der Waals surface area contributed by atoms with Gasteiger partial charge >= 0.3 is 0 Å². The van der Waals surface area contributed by atoms with Crippen molar-refractivity contribution < 1.29 is 4.79 Å². The number of carbonyl (C=O) groups is 1. The number of fused-ring (bicyclic) bond motifs is 1. The number of rotatable bonds is 4. The van der Waals surface area contributed by atoms with Crippen LogP contribution in [0, 0.1) is 13.8 Å². The number of carbonyl (C=O) groups excluding carboxylic acids is 1. The molecule has 0 fully saturated rings. The molecule has 6 heteroatoms. The molecule has 0 saturated carbocycles. The quantitative estimate of drug-likeness (QED) is 0.644. The number of halogens is 1. The molecule has 27 heavy (non-hydrogen) atoms.